The van der Waals surface area contributed by atoms with Gasteiger partial charge in [0.2, 0.25) is 0 Å². The van der Waals surface area contributed by atoms with Crippen LogP contribution in [0, 0.1) is 5.82 Å². The third kappa shape index (κ3) is 5.55. The number of nitrogens with one attached hydrogen (secondary N) is 1. The van der Waals surface area contributed by atoms with Crippen LogP contribution in [0.3, 0.4) is 0 Å². The van der Waals surface area contributed by atoms with Crippen LogP contribution in [0.4, 0.5) is 20.8 Å². The predicted octanol–water partition coefficient (Wildman–Crippen LogP) is 3.40. The van der Waals surface area contributed by atoms with Crippen LogP contribution in [0.2, 0.25) is 0 Å². The average Bonchev–Trinajstić information content (AvgIpc) is 3.38. The van der Waals surface area contributed by atoms with E-state index in [-0.39, 0.29) is 42.8 Å². The fourth-order valence-corrected chi connectivity index (χ4v) is 6.33. The third-order valence-electron chi connectivity index (χ3n) is 8.59. The van der Waals surface area contributed by atoms with Crippen LogP contribution < -0.4 is 30.1 Å². The van der Waals surface area contributed by atoms with Gasteiger partial charge in [-0.2, -0.15) is 0 Å². The molecule has 1 saturated heterocycles. The Kier molecular flexibility index (Phi) is 7.53. The summed E-state index contributed by atoms with van der Waals surface area (Å²) in [6, 6.07) is 14.9. The standard InChI is InChI=1S/C32H31FN6O6/c1-43-22-6-2-19(3-7-22)17-38-30(41)18-44-26-10-11-28(36-31(26)38)39-24-9-5-21(15-27(24)45-32(39)42)34-12-13-37-25-14-20(33)4-8-23(25)35-16-29(37)40/h2-4,6-8,10-11,14,16,21,24,27,34H,5,9,12-13,15,17-18H2,1H3/t21-,24-,27+/m0/s1. The molecule has 2 aromatic carbocycles. The smallest absolute Gasteiger partial charge is 0.416 e. The molecular formula is C32H31FN6O6. The minimum Gasteiger partial charge on any atom is -0.497 e. The lowest BCUT2D eigenvalue weighted by atomic mass is 9.88. The summed E-state index contributed by atoms with van der Waals surface area (Å²) in [7, 11) is 1.60. The molecule has 0 spiro atoms. The molecule has 0 unspecified atom stereocenters. The van der Waals surface area contributed by atoms with Crippen molar-refractivity contribution in [1.82, 2.24) is 19.9 Å². The molecule has 0 radical (unpaired) electrons. The van der Waals surface area contributed by atoms with Gasteiger partial charge in [-0.15, -0.1) is 0 Å². The van der Waals surface area contributed by atoms with Crippen LogP contribution in [-0.2, 0) is 22.6 Å². The molecule has 1 aliphatic carbocycles. The molecule has 7 rings (SSSR count). The highest BCUT2D eigenvalue weighted by molar-refractivity contribution is 5.97. The normalized spacial score (nSPS) is 20.9. The first-order valence-corrected chi connectivity index (χ1v) is 14.8. The molecule has 13 heteroatoms. The van der Waals surface area contributed by atoms with Crippen LogP contribution in [-0.4, -0.2) is 65.0 Å². The summed E-state index contributed by atoms with van der Waals surface area (Å²) in [5.41, 5.74) is 1.58. The predicted molar refractivity (Wildman–Crippen MR) is 162 cm³/mol. The first kappa shape index (κ1) is 28.7. The highest BCUT2D eigenvalue weighted by atomic mass is 19.1. The van der Waals surface area contributed by atoms with Crippen molar-refractivity contribution in [3.63, 3.8) is 0 Å². The zero-order chi connectivity index (χ0) is 31.1. The number of pyridine rings is 1. The number of aromatic nitrogens is 3. The molecule has 2 aliphatic heterocycles. The lowest BCUT2D eigenvalue weighted by molar-refractivity contribution is -0.121. The van der Waals surface area contributed by atoms with E-state index in [1.54, 1.807) is 35.1 Å². The van der Waals surface area contributed by atoms with E-state index in [0.29, 0.717) is 54.3 Å². The number of carbonyl (C=O) groups excluding carboxylic acids is 2. The van der Waals surface area contributed by atoms with Gasteiger partial charge >= 0.3 is 6.09 Å². The lowest BCUT2D eigenvalue weighted by Crippen LogP contribution is -2.47. The number of methoxy groups -OCH3 is 1. The molecule has 0 bridgehead atoms. The van der Waals surface area contributed by atoms with Gasteiger partial charge in [-0.1, -0.05) is 12.1 Å². The third-order valence-corrected chi connectivity index (χ3v) is 8.59. The summed E-state index contributed by atoms with van der Waals surface area (Å²) >= 11 is 0. The molecule has 2 fully saturated rings. The molecule has 2 amide bonds. The number of hydrogen-bond acceptors (Lipinski definition) is 9. The molecule has 2 aromatic heterocycles. The second kappa shape index (κ2) is 11.8. The number of fused-ring (bicyclic) bond motifs is 3. The second-order valence-corrected chi connectivity index (χ2v) is 11.3. The molecular weight excluding hydrogens is 583 g/mol. The van der Waals surface area contributed by atoms with Gasteiger partial charge in [-0.25, -0.2) is 19.2 Å². The van der Waals surface area contributed by atoms with E-state index < -0.39 is 11.9 Å². The van der Waals surface area contributed by atoms with Gasteiger partial charge < -0.3 is 24.1 Å². The summed E-state index contributed by atoms with van der Waals surface area (Å²) in [6.45, 7) is 0.998. The van der Waals surface area contributed by atoms with Gasteiger partial charge in [-0.3, -0.25) is 19.4 Å². The second-order valence-electron chi connectivity index (χ2n) is 11.3. The van der Waals surface area contributed by atoms with Gasteiger partial charge in [0, 0.05) is 25.6 Å². The first-order valence-electron chi connectivity index (χ1n) is 14.8. The van der Waals surface area contributed by atoms with Crippen LogP contribution in [0.5, 0.6) is 11.5 Å². The van der Waals surface area contributed by atoms with E-state index in [2.05, 4.69) is 10.3 Å². The summed E-state index contributed by atoms with van der Waals surface area (Å²) < 4.78 is 32.1. The van der Waals surface area contributed by atoms with Crippen LogP contribution >= 0.6 is 0 Å². The molecule has 45 heavy (non-hydrogen) atoms. The minimum absolute atomic E-state index is 0.0574. The highest BCUT2D eigenvalue weighted by Crippen LogP contribution is 2.39. The number of rotatable bonds is 8. The van der Waals surface area contributed by atoms with E-state index in [1.807, 2.05) is 24.3 Å². The Balaban J connectivity index is 1.03. The Morgan fingerprint density at radius 2 is 1.91 bits per heavy atom. The molecule has 3 atom stereocenters. The number of halogens is 1. The van der Waals surface area contributed by atoms with E-state index in [1.165, 1.54) is 22.9 Å². The van der Waals surface area contributed by atoms with Crippen LogP contribution in [0.25, 0.3) is 11.0 Å². The zero-order valence-corrected chi connectivity index (χ0v) is 24.5. The number of benzene rings is 2. The van der Waals surface area contributed by atoms with E-state index in [0.717, 1.165) is 17.7 Å². The maximum Gasteiger partial charge on any atom is 0.416 e. The maximum absolute atomic E-state index is 13.9. The van der Waals surface area contributed by atoms with Gasteiger partial charge in [0.1, 0.15) is 23.5 Å². The zero-order valence-electron chi connectivity index (χ0n) is 24.5. The van der Waals surface area contributed by atoms with E-state index in [9.17, 15) is 18.8 Å². The molecule has 1 N–H and O–H groups in total. The van der Waals surface area contributed by atoms with Crippen molar-refractivity contribution in [1.29, 1.82) is 0 Å². The summed E-state index contributed by atoms with van der Waals surface area (Å²) in [4.78, 5) is 50.5. The van der Waals surface area contributed by atoms with Crippen LogP contribution in [0.15, 0.2) is 65.6 Å². The quantitative estimate of drug-likeness (QED) is 0.318. The number of ether oxygens (including phenoxy) is 3. The fourth-order valence-electron chi connectivity index (χ4n) is 6.33. The molecule has 232 valence electrons. The minimum atomic E-state index is -0.486. The SMILES string of the molecule is COc1ccc(CN2C(=O)COc3ccc(N4C(=O)O[C@@H]5C[C@@H](NCCn6c(=O)cnc7ccc(F)cc76)CC[C@@H]54)nc32)cc1. The number of nitrogens with zero attached hydrogens (tertiary/aromatic N) is 5. The molecule has 12 nitrogen and oxygen atoms in total. The molecule has 1 saturated carbocycles. The molecule has 3 aliphatic rings. The number of anilines is 2. The monoisotopic (exact) mass is 614 g/mol. The van der Waals surface area contributed by atoms with Crippen molar-refractivity contribution in [2.45, 2.75) is 50.5 Å². The maximum atomic E-state index is 13.9. The first-order chi connectivity index (χ1) is 21.9. The lowest BCUT2D eigenvalue weighted by Gasteiger charge is -2.34. The van der Waals surface area contributed by atoms with Crippen molar-refractivity contribution in [2.24, 2.45) is 0 Å². The van der Waals surface area contributed by atoms with Crippen molar-refractivity contribution < 1.29 is 28.2 Å². The van der Waals surface area contributed by atoms with Crippen molar-refractivity contribution >= 4 is 34.7 Å². The fraction of sp³-hybridized carbons (Fsp3) is 0.344. The number of hydrogen-bond donors (Lipinski definition) is 1. The van der Waals surface area contributed by atoms with Crippen molar-refractivity contribution in [2.75, 3.05) is 30.1 Å². The molecule has 4 aromatic rings. The van der Waals surface area contributed by atoms with Crippen LogP contribution in [0.1, 0.15) is 24.8 Å². The van der Waals surface area contributed by atoms with E-state index in [4.69, 9.17) is 19.2 Å². The van der Waals surface area contributed by atoms with Gasteiger partial charge in [-0.05, 0) is 60.9 Å². The average molecular weight is 615 g/mol. The van der Waals surface area contributed by atoms with E-state index >= 15 is 0 Å². The van der Waals surface area contributed by atoms with Crippen molar-refractivity contribution in [3.8, 4) is 11.5 Å². The Hall–Kier alpha value is -5.04. The summed E-state index contributed by atoms with van der Waals surface area (Å²) in [6.07, 6.45) is 2.43. The Labute approximate surface area is 257 Å². The molecule has 4 heterocycles. The topological polar surface area (TPSA) is 128 Å². The van der Waals surface area contributed by atoms with Crippen molar-refractivity contribution in [3.05, 3.63) is 82.5 Å². The highest BCUT2D eigenvalue weighted by Gasteiger charge is 2.47. The van der Waals surface area contributed by atoms with Gasteiger partial charge in [0.15, 0.2) is 18.2 Å². The summed E-state index contributed by atoms with van der Waals surface area (Å²) in [5, 5.41) is 3.47. The Morgan fingerprint density at radius 3 is 2.73 bits per heavy atom. The largest absolute Gasteiger partial charge is 0.497 e. The van der Waals surface area contributed by atoms with Gasteiger partial charge in [0.05, 0.1) is 36.9 Å². The Morgan fingerprint density at radius 1 is 1.07 bits per heavy atom. The Bertz CT molecular complexity index is 1830. The number of amides is 2. The number of carbonyl (C=O) groups is 2. The van der Waals surface area contributed by atoms with Gasteiger partial charge in [0.25, 0.3) is 11.5 Å². The summed E-state index contributed by atoms with van der Waals surface area (Å²) in [5.74, 6) is 1.27.